The van der Waals surface area contributed by atoms with Crippen LogP contribution in [0.5, 0.6) is 0 Å². The van der Waals surface area contributed by atoms with Crippen LogP contribution in [0.15, 0.2) is 29.6 Å². The predicted molar refractivity (Wildman–Crippen MR) is 98.6 cm³/mol. The lowest BCUT2D eigenvalue weighted by Crippen LogP contribution is -2.39. The van der Waals surface area contributed by atoms with Crippen molar-refractivity contribution in [2.45, 2.75) is 32.2 Å². The maximum Gasteiger partial charge on any atom is 0.253 e. The fraction of sp³-hybridized carbons (Fsp3) is 0.474. The van der Waals surface area contributed by atoms with Crippen LogP contribution in [0, 0.1) is 6.92 Å². The number of rotatable bonds is 4. The Morgan fingerprint density at radius 1 is 1.42 bits per heavy atom. The van der Waals surface area contributed by atoms with Gasteiger partial charge in [0.05, 0.1) is 5.01 Å². The second-order valence-electron chi connectivity index (χ2n) is 6.86. The highest BCUT2D eigenvalue weighted by atomic mass is 32.1. The van der Waals surface area contributed by atoms with Crippen molar-refractivity contribution in [2.24, 2.45) is 0 Å². The van der Waals surface area contributed by atoms with Crippen molar-refractivity contribution in [3.63, 3.8) is 0 Å². The van der Waals surface area contributed by atoms with Crippen molar-refractivity contribution in [3.05, 3.63) is 51.5 Å². The molecule has 128 valence electrons. The fourth-order valence-electron chi connectivity index (χ4n) is 3.27. The molecule has 0 radical (unpaired) electrons. The standard InChI is InChI=1S/C19H25N3OS/c1-14-13-24-18(20-14)17-8-5-9-22(12-17)19(23)16-7-4-6-15(10-16)11-21(2)3/h4,6-7,10,13,17H,5,8-9,11-12H2,1-3H3/t17-/m0/s1. The van der Waals surface area contributed by atoms with E-state index in [0.29, 0.717) is 5.92 Å². The topological polar surface area (TPSA) is 36.4 Å². The smallest absolute Gasteiger partial charge is 0.253 e. The van der Waals surface area contributed by atoms with E-state index in [1.54, 1.807) is 11.3 Å². The minimum Gasteiger partial charge on any atom is -0.338 e. The van der Waals surface area contributed by atoms with Crippen LogP contribution in [-0.4, -0.2) is 47.9 Å². The number of benzene rings is 1. The second kappa shape index (κ2) is 7.45. The lowest BCUT2D eigenvalue weighted by Gasteiger charge is -2.32. The minimum absolute atomic E-state index is 0.147. The molecule has 1 aliphatic heterocycles. The third-order valence-electron chi connectivity index (χ3n) is 4.37. The molecule has 2 aromatic rings. The summed E-state index contributed by atoms with van der Waals surface area (Å²) in [5.74, 6) is 0.528. The van der Waals surface area contributed by atoms with Gasteiger partial charge in [0.2, 0.25) is 0 Å². The number of aromatic nitrogens is 1. The Hall–Kier alpha value is -1.72. The first kappa shape index (κ1) is 17.1. The van der Waals surface area contributed by atoms with Crippen LogP contribution in [0.3, 0.4) is 0 Å². The van der Waals surface area contributed by atoms with Gasteiger partial charge in [-0.3, -0.25) is 4.79 Å². The van der Waals surface area contributed by atoms with Gasteiger partial charge in [0, 0.05) is 42.2 Å². The van der Waals surface area contributed by atoms with E-state index in [0.717, 1.165) is 43.7 Å². The van der Waals surface area contributed by atoms with Crippen molar-refractivity contribution in [1.29, 1.82) is 0 Å². The lowest BCUT2D eigenvalue weighted by atomic mass is 9.97. The summed E-state index contributed by atoms with van der Waals surface area (Å²) >= 11 is 1.72. The molecule has 5 heteroatoms. The maximum atomic E-state index is 12.9. The molecule has 0 unspecified atom stereocenters. The highest BCUT2D eigenvalue weighted by Gasteiger charge is 2.27. The maximum absolute atomic E-state index is 12.9. The molecule has 1 fully saturated rings. The molecule has 0 saturated carbocycles. The van der Waals surface area contributed by atoms with Crippen LogP contribution in [0.25, 0.3) is 0 Å². The molecule has 0 N–H and O–H groups in total. The summed E-state index contributed by atoms with van der Waals surface area (Å²) in [5, 5.41) is 3.27. The van der Waals surface area contributed by atoms with Crippen LogP contribution in [0.1, 0.15) is 45.4 Å². The van der Waals surface area contributed by atoms with Gasteiger partial charge >= 0.3 is 0 Å². The number of piperidine rings is 1. The number of nitrogens with zero attached hydrogens (tertiary/aromatic N) is 3. The first-order chi connectivity index (χ1) is 11.5. The molecule has 1 aromatic carbocycles. The van der Waals surface area contributed by atoms with Crippen LogP contribution >= 0.6 is 11.3 Å². The number of amides is 1. The molecule has 4 nitrogen and oxygen atoms in total. The number of hydrogen-bond acceptors (Lipinski definition) is 4. The highest BCUT2D eigenvalue weighted by Crippen LogP contribution is 2.29. The minimum atomic E-state index is 0.147. The first-order valence-electron chi connectivity index (χ1n) is 8.48. The molecule has 1 saturated heterocycles. The van der Waals surface area contributed by atoms with Gasteiger partial charge in [0.25, 0.3) is 5.91 Å². The monoisotopic (exact) mass is 343 g/mol. The Labute approximate surface area is 148 Å². The van der Waals surface area contributed by atoms with Gasteiger partial charge in [-0.1, -0.05) is 12.1 Å². The average molecular weight is 343 g/mol. The summed E-state index contributed by atoms with van der Waals surface area (Å²) in [6.45, 7) is 4.51. The quantitative estimate of drug-likeness (QED) is 0.852. The summed E-state index contributed by atoms with van der Waals surface area (Å²) in [7, 11) is 4.08. The molecule has 1 amide bonds. The van der Waals surface area contributed by atoms with Gasteiger partial charge in [-0.15, -0.1) is 11.3 Å². The Morgan fingerprint density at radius 2 is 2.25 bits per heavy atom. The van der Waals surface area contributed by atoms with Gasteiger partial charge in [-0.05, 0) is 51.6 Å². The van der Waals surface area contributed by atoms with Crippen LogP contribution in [0.2, 0.25) is 0 Å². The van der Waals surface area contributed by atoms with E-state index < -0.39 is 0 Å². The van der Waals surface area contributed by atoms with Crippen LogP contribution in [0.4, 0.5) is 0 Å². The summed E-state index contributed by atoms with van der Waals surface area (Å²) in [5.41, 5.74) is 3.05. The average Bonchev–Trinajstić information content (AvgIpc) is 3.00. The Bertz CT molecular complexity index is 710. The fourth-order valence-corrected chi connectivity index (χ4v) is 4.20. The number of hydrogen-bond donors (Lipinski definition) is 0. The van der Waals surface area contributed by atoms with E-state index >= 15 is 0 Å². The molecular weight excluding hydrogens is 318 g/mol. The molecule has 3 rings (SSSR count). The second-order valence-corrected chi connectivity index (χ2v) is 7.75. The molecule has 2 heterocycles. The SMILES string of the molecule is Cc1csc([C@H]2CCCN(C(=O)c3cccc(CN(C)C)c3)C2)n1. The Balaban J connectivity index is 1.72. The lowest BCUT2D eigenvalue weighted by molar-refractivity contribution is 0.0707. The molecule has 24 heavy (non-hydrogen) atoms. The van der Waals surface area contributed by atoms with Gasteiger partial charge < -0.3 is 9.80 Å². The summed E-state index contributed by atoms with van der Waals surface area (Å²) in [6, 6.07) is 8.02. The molecule has 0 bridgehead atoms. The van der Waals surface area contributed by atoms with Gasteiger partial charge in [0.1, 0.15) is 0 Å². The van der Waals surface area contributed by atoms with Gasteiger partial charge in [-0.2, -0.15) is 0 Å². The van der Waals surface area contributed by atoms with E-state index in [-0.39, 0.29) is 5.91 Å². The molecule has 0 spiro atoms. The van der Waals surface area contributed by atoms with Gasteiger partial charge in [0.15, 0.2) is 0 Å². The Kier molecular flexibility index (Phi) is 5.31. The van der Waals surface area contributed by atoms with E-state index in [1.165, 1.54) is 10.6 Å². The number of likely N-dealkylation sites (tertiary alicyclic amines) is 1. The number of aryl methyl sites for hydroxylation is 1. The molecule has 0 aliphatic carbocycles. The van der Waals surface area contributed by atoms with E-state index in [2.05, 4.69) is 21.3 Å². The number of thiazole rings is 1. The zero-order chi connectivity index (χ0) is 17.1. The Morgan fingerprint density at radius 3 is 2.96 bits per heavy atom. The van der Waals surface area contributed by atoms with E-state index in [4.69, 9.17) is 0 Å². The molecular formula is C19H25N3OS. The summed E-state index contributed by atoms with van der Waals surface area (Å²) in [6.07, 6.45) is 2.17. The molecule has 1 atom stereocenters. The third-order valence-corrected chi connectivity index (χ3v) is 5.49. The largest absolute Gasteiger partial charge is 0.338 e. The first-order valence-corrected chi connectivity index (χ1v) is 9.36. The predicted octanol–water partition coefficient (Wildman–Crippen LogP) is 3.53. The van der Waals surface area contributed by atoms with Crippen molar-refractivity contribution < 1.29 is 4.79 Å². The summed E-state index contributed by atoms with van der Waals surface area (Å²) < 4.78 is 0. The summed E-state index contributed by atoms with van der Waals surface area (Å²) in [4.78, 5) is 21.7. The highest BCUT2D eigenvalue weighted by molar-refractivity contribution is 7.09. The number of carbonyl (C=O) groups excluding carboxylic acids is 1. The third kappa shape index (κ3) is 4.02. The number of carbonyl (C=O) groups is 1. The van der Waals surface area contributed by atoms with Crippen molar-refractivity contribution in [1.82, 2.24) is 14.8 Å². The van der Waals surface area contributed by atoms with Crippen LogP contribution in [-0.2, 0) is 6.54 Å². The van der Waals surface area contributed by atoms with E-state index in [1.807, 2.05) is 44.1 Å². The molecule has 1 aliphatic rings. The van der Waals surface area contributed by atoms with E-state index in [9.17, 15) is 4.79 Å². The zero-order valence-electron chi connectivity index (χ0n) is 14.7. The molecule has 1 aromatic heterocycles. The van der Waals surface area contributed by atoms with Gasteiger partial charge in [-0.25, -0.2) is 4.98 Å². The van der Waals surface area contributed by atoms with Crippen LogP contribution < -0.4 is 0 Å². The normalized spacial score (nSPS) is 18.2. The van der Waals surface area contributed by atoms with Crippen molar-refractivity contribution >= 4 is 17.2 Å². The van der Waals surface area contributed by atoms with Crippen molar-refractivity contribution in [2.75, 3.05) is 27.2 Å². The zero-order valence-corrected chi connectivity index (χ0v) is 15.5. The van der Waals surface area contributed by atoms with Crippen molar-refractivity contribution in [3.8, 4) is 0 Å².